The number of nitrogens with zero attached hydrogens (tertiary/aromatic N) is 6. The van der Waals surface area contributed by atoms with Crippen LogP contribution in [0.25, 0.3) is 22.3 Å². The predicted molar refractivity (Wildman–Crippen MR) is 182 cm³/mol. The van der Waals surface area contributed by atoms with Gasteiger partial charge in [-0.05, 0) is 25.7 Å². The summed E-state index contributed by atoms with van der Waals surface area (Å²) in [6.07, 6.45) is -7.83. The Hall–Kier alpha value is -3.11. The number of ether oxygens (including phenoxy) is 4. The van der Waals surface area contributed by atoms with Gasteiger partial charge in [-0.25, -0.2) is 27.3 Å². The van der Waals surface area contributed by atoms with E-state index in [-0.39, 0.29) is 34.2 Å². The first-order chi connectivity index (χ1) is 25.5. The number of aryl methyl sites for hydroxylation is 1. The molecule has 0 bridgehead atoms. The number of H-pyrrole nitrogens is 2. The van der Waals surface area contributed by atoms with Gasteiger partial charge < -0.3 is 55.3 Å². The molecule has 0 amide bonds. The molecule has 3 saturated heterocycles. The van der Waals surface area contributed by atoms with Crippen LogP contribution in [0.4, 0.5) is 11.9 Å². The number of anilines is 2. The van der Waals surface area contributed by atoms with Crippen molar-refractivity contribution >= 4 is 68.4 Å². The van der Waals surface area contributed by atoms with Crippen molar-refractivity contribution in [2.24, 2.45) is 7.05 Å². The zero-order chi connectivity index (χ0) is 40.0. The molecule has 0 radical (unpaired) electrons. The van der Waals surface area contributed by atoms with Crippen molar-refractivity contribution in [2.45, 2.75) is 68.7 Å². The highest BCUT2D eigenvalue weighted by Gasteiger charge is 2.58. The van der Waals surface area contributed by atoms with Gasteiger partial charge in [-0.2, -0.15) is 4.98 Å². The maximum absolute atomic E-state index is 12.9. The van der Waals surface area contributed by atoms with Gasteiger partial charge in [-0.1, -0.05) is 4.98 Å². The summed E-state index contributed by atoms with van der Waals surface area (Å²) in [5.41, 5.74) is 10.1. The Labute approximate surface area is 311 Å². The lowest BCUT2D eigenvalue weighted by molar-refractivity contribution is -0.746. The Morgan fingerprint density at radius 2 is 1.55 bits per heavy atom. The van der Waals surface area contributed by atoms with Crippen LogP contribution in [0.1, 0.15) is 26.3 Å². The lowest BCUT2D eigenvalue weighted by Crippen LogP contribution is -2.46. The Bertz CT molecular complexity index is 2420. The Morgan fingerprint density at radius 3 is 2.22 bits per heavy atom. The van der Waals surface area contributed by atoms with E-state index in [1.165, 1.54) is 15.5 Å². The van der Waals surface area contributed by atoms with Gasteiger partial charge in [0.15, 0.2) is 29.5 Å². The van der Waals surface area contributed by atoms with E-state index in [4.69, 9.17) is 39.5 Å². The van der Waals surface area contributed by atoms with E-state index < -0.39 is 102 Å². The average Bonchev–Trinajstić information content (AvgIpc) is 3.83. The molecule has 0 saturated carbocycles. The monoisotopic (exact) mass is 859 g/mol. The van der Waals surface area contributed by atoms with Crippen LogP contribution in [0, 0.1) is 0 Å². The van der Waals surface area contributed by atoms with E-state index in [1.807, 2.05) is 0 Å². The molecule has 0 aliphatic carbocycles. The van der Waals surface area contributed by atoms with E-state index in [0.717, 1.165) is 10.9 Å². The lowest BCUT2D eigenvalue weighted by atomic mass is 10.1. The fourth-order valence-corrected chi connectivity index (χ4v) is 11.4. The van der Waals surface area contributed by atoms with Crippen LogP contribution in [0.2, 0.25) is 0 Å². The van der Waals surface area contributed by atoms with Crippen molar-refractivity contribution in [3.05, 3.63) is 33.4 Å². The average molecular weight is 860 g/mol. The van der Waals surface area contributed by atoms with Crippen LogP contribution < -0.4 is 27.2 Å². The highest BCUT2D eigenvalue weighted by Crippen LogP contribution is 2.68. The van der Waals surface area contributed by atoms with Crippen LogP contribution in [-0.2, 0) is 64.6 Å². The number of nitrogen functional groups attached to an aromatic ring is 2. The third-order valence-corrected chi connectivity index (χ3v) is 13.9. The van der Waals surface area contributed by atoms with Gasteiger partial charge in [0.05, 0.1) is 26.6 Å². The van der Waals surface area contributed by atoms with Crippen molar-refractivity contribution < 1.29 is 75.2 Å². The van der Waals surface area contributed by atoms with E-state index in [1.54, 1.807) is 20.9 Å². The minimum absolute atomic E-state index is 0.111. The molecule has 3 aliphatic rings. The summed E-state index contributed by atoms with van der Waals surface area (Å²) in [5.74, 6) is -1.61. The summed E-state index contributed by atoms with van der Waals surface area (Å²) in [7, 11) is -9.28. The van der Waals surface area contributed by atoms with Crippen LogP contribution >= 0.6 is 22.4 Å². The number of phosphoric acid groups is 2. The van der Waals surface area contributed by atoms with Crippen molar-refractivity contribution in [2.75, 3.05) is 24.7 Å². The Kier molecular flexibility index (Phi) is 10.3. The minimum atomic E-state index is -5.46. The fraction of sp³-hybridized carbons (Fsp3) is 0.583. The van der Waals surface area contributed by atoms with Gasteiger partial charge in [0.2, 0.25) is 17.7 Å². The second-order valence-electron chi connectivity index (χ2n) is 12.9. The topological polar surface area (TPSA) is 379 Å². The second-order valence-corrected chi connectivity index (χ2v) is 18.9. The number of phosphoric ester groups is 2. The summed E-state index contributed by atoms with van der Waals surface area (Å²) < 4.78 is 72.2. The largest absolute Gasteiger partial charge is 0.479 e. The van der Waals surface area contributed by atoms with Crippen molar-refractivity contribution in [1.82, 2.24) is 34.1 Å². The molecule has 31 heteroatoms. The second kappa shape index (κ2) is 14.1. The molecule has 7 rings (SSSR count). The summed E-state index contributed by atoms with van der Waals surface area (Å²) in [6, 6.07) is 0. The molecular formula is C24H34N10O17P3S+. The molecule has 0 aromatic carbocycles. The molecule has 55 heavy (non-hydrogen) atoms. The third-order valence-electron chi connectivity index (χ3n) is 8.47. The summed E-state index contributed by atoms with van der Waals surface area (Å²) >= 11 is 4.67. The molecule has 11 atom stereocenters. The number of fused-ring (bicyclic) bond motifs is 3. The van der Waals surface area contributed by atoms with Gasteiger partial charge in [-0.15, -0.1) is 0 Å². The number of rotatable bonds is 12. The Morgan fingerprint density at radius 1 is 0.945 bits per heavy atom. The first-order valence-electron chi connectivity index (χ1n) is 15.7. The number of aromatic amines is 2. The van der Waals surface area contributed by atoms with Crippen LogP contribution in [-0.4, -0.2) is 115 Å². The SMILES string of the molecule is Cn1c[n+]([C@@H]2O[C@H](COP(=O)(O)OP(O)(=S)OP(=O)(O)OC[C@@H]3O[C@H](n4cnc5c(=O)[nH]c(N)nc54)[C@@H](O)[C@H]3O)[C@H]3OC(C)(C)O[C@H]32)c2nc(N)[nH]c(=O)c21. The number of hydrogen-bond acceptors (Lipinski definition) is 20. The first-order valence-corrected chi connectivity index (χ1v) is 21.3. The number of nitrogens with one attached hydrogen (secondary N) is 2. The first kappa shape index (κ1) is 40.1. The third kappa shape index (κ3) is 7.93. The lowest BCUT2D eigenvalue weighted by Gasteiger charge is -2.24. The van der Waals surface area contributed by atoms with Crippen LogP contribution in [0.3, 0.4) is 0 Å². The maximum Gasteiger partial charge on any atom is 0.479 e. The molecule has 3 fully saturated rings. The quantitative estimate of drug-likeness (QED) is 0.0519. The van der Waals surface area contributed by atoms with Gasteiger partial charge in [0.1, 0.15) is 36.6 Å². The Balaban J connectivity index is 0.978. The number of aliphatic hydroxyl groups is 2. The molecule has 302 valence electrons. The van der Waals surface area contributed by atoms with Crippen molar-refractivity contribution in [3.63, 3.8) is 0 Å². The van der Waals surface area contributed by atoms with Gasteiger partial charge in [0, 0.05) is 0 Å². The van der Waals surface area contributed by atoms with Gasteiger partial charge in [-0.3, -0.25) is 37.7 Å². The predicted octanol–water partition coefficient (Wildman–Crippen LogP) is -2.63. The number of aromatic nitrogens is 8. The molecule has 4 aromatic rings. The number of aliphatic hydroxyl groups excluding tert-OH is 2. The van der Waals surface area contributed by atoms with Crippen LogP contribution in [0.15, 0.2) is 22.2 Å². The van der Waals surface area contributed by atoms with Crippen LogP contribution in [0.5, 0.6) is 0 Å². The van der Waals surface area contributed by atoms with Crippen molar-refractivity contribution in [1.29, 1.82) is 0 Å². The highest BCUT2D eigenvalue weighted by molar-refractivity contribution is 8.09. The smallest absolute Gasteiger partial charge is 0.387 e. The number of imidazole rings is 2. The zero-order valence-electron chi connectivity index (χ0n) is 28.4. The maximum atomic E-state index is 12.9. The van der Waals surface area contributed by atoms with Gasteiger partial charge in [0.25, 0.3) is 17.1 Å². The molecular weight excluding hydrogens is 825 g/mol. The fourth-order valence-electron chi connectivity index (χ4n) is 6.36. The van der Waals surface area contributed by atoms with E-state index >= 15 is 0 Å². The van der Waals surface area contributed by atoms with Gasteiger partial charge >= 0.3 is 28.0 Å². The summed E-state index contributed by atoms with van der Waals surface area (Å²) in [4.78, 5) is 72.5. The molecule has 3 unspecified atom stereocenters. The van der Waals surface area contributed by atoms with E-state index in [2.05, 4.69) is 45.3 Å². The molecule has 0 spiro atoms. The zero-order valence-corrected chi connectivity index (χ0v) is 31.9. The summed E-state index contributed by atoms with van der Waals surface area (Å²) in [5, 5.41) is 21.1. The molecule has 27 nitrogen and oxygen atoms in total. The standard InChI is InChI=1S/C24H33N10O17P3S/c1-24(2)48-14-9(47-21(15(14)49-24)34-7-32(3)11-17(34)29-23(26)31-19(11)38)5-45-53(41,42)51-54(43,55)50-52(39,40)44-4-8-12(35)13(36)20(46-8)33-6-27-10-16(33)28-22(25)30-18(10)37/h6-9,12-15,20-21,35-36H,4-5H2,1-3H3,(H8-,25,26,28,29,30,31,37,38,39,40,41,42,43,55)/p+1/t8-,9+,12-,13-,14+,15+,20-,21+,54?/m0/s1. The molecule has 7 heterocycles. The minimum Gasteiger partial charge on any atom is -0.387 e. The number of hydrogen-bond donors (Lipinski definition) is 9. The summed E-state index contributed by atoms with van der Waals surface area (Å²) in [6.45, 7) is -3.62. The van der Waals surface area contributed by atoms with Crippen molar-refractivity contribution in [3.8, 4) is 0 Å². The van der Waals surface area contributed by atoms with E-state index in [9.17, 15) is 43.6 Å². The molecule has 3 aliphatic heterocycles. The van der Waals surface area contributed by atoms with E-state index in [0.29, 0.717) is 0 Å². The normalized spacial score (nSPS) is 31.1. The molecule has 11 N–H and O–H groups in total. The number of nitrogens with two attached hydrogens (primary N) is 2. The highest BCUT2D eigenvalue weighted by atomic mass is 32.5. The molecule has 4 aromatic heterocycles.